The molecule has 1 unspecified atom stereocenters. The number of rotatable bonds is 3. The van der Waals surface area contributed by atoms with Crippen LogP contribution in [-0.4, -0.2) is 30.0 Å². The van der Waals surface area contributed by atoms with Crippen molar-refractivity contribution in [3.05, 3.63) is 17.8 Å². The molecule has 1 saturated heterocycles. The molecule has 5 heteroatoms. The third-order valence-corrected chi connectivity index (χ3v) is 4.59. The van der Waals surface area contributed by atoms with Crippen molar-refractivity contribution in [3.63, 3.8) is 0 Å². The van der Waals surface area contributed by atoms with Gasteiger partial charge in [0.15, 0.2) is 11.6 Å². The van der Waals surface area contributed by atoms with Crippen LogP contribution in [0.25, 0.3) is 0 Å². The van der Waals surface area contributed by atoms with Crippen LogP contribution in [0.1, 0.15) is 73.7 Å². The second-order valence-electron chi connectivity index (χ2n) is 6.28. The average molecular weight is 291 g/mol. The van der Waals surface area contributed by atoms with Crippen molar-refractivity contribution in [1.29, 1.82) is 0 Å². The van der Waals surface area contributed by atoms with E-state index in [4.69, 9.17) is 4.42 Å². The molecule has 21 heavy (non-hydrogen) atoms. The molecular formula is C16H25N3O2. The molecule has 1 aliphatic carbocycles. The smallest absolute Gasteiger partial charge is 0.273 e. The Morgan fingerprint density at radius 3 is 2.71 bits per heavy atom. The molecule has 2 N–H and O–H groups in total. The van der Waals surface area contributed by atoms with Crippen molar-refractivity contribution in [2.45, 2.75) is 63.3 Å². The lowest BCUT2D eigenvalue weighted by molar-refractivity contribution is 0.0928. The third kappa shape index (κ3) is 3.84. The van der Waals surface area contributed by atoms with Gasteiger partial charge in [0.05, 0.1) is 0 Å². The number of nitrogens with one attached hydrogen (secondary N) is 2. The summed E-state index contributed by atoms with van der Waals surface area (Å²) >= 11 is 0. The molecule has 116 valence electrons. The number of piperidine rings is 1. The summed E-state index contributed by atoms with van der Waals surface area (Å²) in [6, 6.07) is 0.302. The molecule has 1 amide bonds. The molecule has 1 saturated carbocycles. The van der Waals surface area contributed by atoms with Crippen molar-refractivity contribution < 1.29 is 9.21 Å². The van der Waals surface area contributed by atoms with E-state index in [0.717, 1.165) is 38.8 Å². The minimum Gasteiger partial charge on any atom is -0.448 e. The molecule has 1 aliphatic heterocycles. The number of nitrogens with zero attached hydrogens (tertiary/aromatic N) is 1. The molecule has 1 aromatic rings. The normalized spacial score (nSPS) is 24.5. The fourth-order valence-electron chi connectivity index (χ4n) is 3.33. The summed E-state index contributed by atoms with van der Waals surface area (Å²) < 4.78 is 5.53. The van der Waals surface area contributed by atoms with Crippen LogP contribution in [0, 0.1) is 0 Å². The van der Waals surface area contributed by atoms with Crippen LogP contribution in [0.4, 0.5) is 0 Å². The molecule has 0 radical (unpaired) electrons. The standard InChI is InChI=1S/C16H25N3O2/c20-15(18-13-7-3-1-2-4-8-13)14-11-21-16(19-14)12-6-5-9-17-10-12/h11-13,17H,1-10H2,(H,18,20). The van der Waals surface area contributed by atoms with E-state index in [-0.39, 0.29) is 5.91 Å². The van der Waals surface area contributed by atoms with Crippen molar-refractivity contribution >= 4 is 5.91 Å². The zero-order valence-electron chi connectivity index (χ0n) is 12.6. The summed E-state index contributed by atoms with van der Waals surface area (Å²) in [5.41, 5.74) is 0.430. The van der Waals surface area contributed by atoms with Crippen molar-refractivity contribution in [2.24, 2.45) is 0 Å². The summed E-state index contributed by atoms with van der Waals surface area (Å²) in [4.78, 5) is 16.7. The van der Waals surface area contributed by atoms with Gasteiger partial charge in [-0.25, -0.2) is 4.98 Å². The zero-order valence-corrected chi connectivity index (χ0v) is 12.6. The Bertz CT molecular complexity index is 458. The van der Waals surface area contributed by atoms with Crippen molar-refractivity contribution in [3.8, 4) is 0 Å². The quantitative estimate of drug-likeness (QED) is 0.840. The monoisotopic (exact) mass is 291 g/mol. The average Bonchev–Trinajstić information content (AvgIpc) is 2.88. The van der Waals surface area contributed by atoms with Crippen LogP contribution in [0.3, 0.4) is 0 Å². The first-order valence-corrected chi connectivity index (χ1v) is 8.30. The Labute approximate surface area is 125 Å². The number of amides is 1. The van der Waals surface area contributed by atoms with Gasteiger partial charge in [0.1, 0.15) is 6.26 Å². The first-order chi connectivity index (χ1) is 10.3. The molecule has 5 nitrogen and oxygen atoms in total. The second kappa shape index (κ2) is 7.07. The Balaban J connectivity index is 1.58. The number of aromatic nitrogens is 1. The lowest BCUT2D eigenvalue weighted by Gasteiger charge is -2.19. The van der Waals surface area contributed by atoms with Gasteiger partial charge in [-0.3, -0.25) is 4.79 Å². The minimum absolute atomic E-state index is 0.0827. The molecule has 2 fully saturated rings. The molecule has 3 rings (SSSR count). The highest BCUT2D eigenvalue weighted by Gasteiger charge is 2.23. The first kappa shape index (κ1) is 14.6. The SMILES string of the molecule is O=C(NC1CCCCCC1)c1coc(C2CCCNC2)n1. The van der Waals surface area contributed by atoms with Gasteiger partial charge >= 0.3 is 0 Å². The van der Waals surface area contributed by atoms with Gasteiger partial charge in [-0.1, -0.05) is 25.7 Å². The fourth-order valence-corrected chi connectivity index (χ4v) is 3.33. The van der Waals surface area contributed by atoms with Crippen molar-refractivity contribution in [1.82, 2.24) is 15.6 Å². The van der Waals surface area contributed by atoms with E-state index in [0.29, 0.717) is 23.5 Å². The Kier molecular flexibility index (Phi) is 4.91. The van der Waals surface area contributed by atoms with Gasteiger partial charge in [-0.2, -0.15) is 0 Å². The van der Waals surface area contributed by atoms with E-state index in [1.54, 1.807) is 0 Å². The van der Waals surface area contributed by atoms with E-state index in [2.05, 4.69) is 15.6 Å². The van der Waals surface area contributed by atoms with E-state index >= 15 is 0 Å². The molecule has 2 heterocycles. The number of carbonyl (C=O) groups is 1. The largest absolute Gasteiger partial charge is 0.448 e. The van der Waals surface area contributed by atoms with Crippen LogP contribution in [0.2, 0.25) is 0 Å². The maximum Gasteiger partial charge on any atom is 0.273 e. The summed E-state index contributed by atoms with van der Waals surface area (Å²) in [6.45, 7) is 1.95. The highest BCUT2D eigenvalue weighted by molar-refractivity contribution is 5.92. The zero-order chi connectivity index (χ0) is 14.5. The molecular weight excluding hydrogens is 266 g/mol. The van der Waals surface area contributed by atoms with Gasteiger partial charge in [-0.15, -0.1) is 0 Å². The van der Waals surface area contributed by atoms with Crippen LogP contribution in [-0.2, 0) is 0 Å². The van der Waals surface area contributed by atoms with Gasteiger partial charge in [-0.05, 0) is 32.2 Å². The van der Waals surface area contributed by atoms with Crippen LogP contribution < -0.4 is 10.6 Å². The number of hydrogen-bond acceptors (Lipinski definition) is 4. The Hall–Kier alpha value is -1.36. The van der Waals surface area contributed by atoms with Gasteiger partial charge in [0.25, 0.3) is 5.91 Å². The Morgan fingerprint density at radius 2 is 2.00 bits per heavy atom. The predicted molar refractivity (Wildman–Crippen MR) is 80.3 cm³/mol. The molecule has 1 aromatic heterocycles. The van der Waals surface area contributed by atoms with Gasteiger partial charge in [0.2, 0.25) is 0 Å². The summed E-state index contributed by atoms with van der Waals surface area (Å²) in [5, 5.41) is 6.46. The third-order valence-electron chi connectivity index (χ3n) is 4.59. The highest BCUT2D eigenvalue weighted by Crippen LogP contribution is 2.23. The minimum atomic E-state index is -0.0827. The van der Waals surface area contributed by atoms with Gasteiger partial charge < -0.3 is 15.1 Å². The van der Waals surface area contributed by atoms with Crippen molar-refractivity contribution in [2.75, 3.05) is 13.1 Å². The second-order valence-corrected chi connectivity index (χ2v) is 6.28. The topological polar surface area (TPSA) is 67.2 Å². The van der Waals surface area contributed by atoms with Crippen LogP contribution in [0.5, 0.6) is 0 Å². The van der Waals surface area contributed by atoms with Crippen LogP contribution in [0.15, 0.2) is 10.7 Å². The maximum absolute atomic E-state index is 12.3. The predicted octanol–water partition coefficient (Wildman–Crippen LogP) is 2.59. The number of carbonyl (C=O) groups excluding carboxylic acids is 1. The number of oxazole rings is 1. The van der Waals surface area contributed by atoms with E-state index in [9.17, 15) is 4.79 Å². The van der Waals surface area contributed by atoms with E-state index in [1.807, 2.05) is 0 Å². The summed E-state index contributed by atoms with van der Waals surface area (Å²) in [7, 11) is 0. The highest BCUT2D eigenvalue weighted by atomic mass is 16.3. The molecule has 0 spiro atoms. The molecule has 1 atom stereocenters. The molecule has 0 aromatic carbocycles. The number of hydrogen-bond donors (Lipinski definition) is 2. The van der Waals surface area contributed by atoms with Gasteiger partial charge in [0, 0.05) is 18.5 Å². The lowest BCUT2D eigenvalue weighted by atomic mass is 10.00. The molecule has 0 bridgehead atoms. The lowest BCUT2D eigenvalue weighted by Crippen LogP contribution is -2.34. The summed E-state index contributed by atoms with van der Waals surface area (Å²) in [5.74, 6) is 0.923. The first-order valence-electron chi connectivity index (χ1n) is 8.30. The fraction of sp³-hybridized carbons (Fsp3) is 0.750. The molecule has 2 aliphatic rings. The summed E-state index contributed by atoms with van der Waals surface area (Å²) in [6.07, 6.45) is 10.9. The maximum atomic E-state index is 12.3. The van der Waals surface area contributed by atoms with E-state index in [1.165, 1.54) is 31.9 Å². The van der Waals surface area contributed by atoms with Crippen LogP contribution >= 0.6 is 0 Å². The Morgan fingerprint density at radius 1 is 1.19 bits per heavy atom. The van der Waals surface area contributed by atoms with E-state index < -0.39 is 0 Å².